The Morgan fingerprint density at radius 2 is 1.93 bits per heavy atom. The van der Waals surface area contributed by atoms with Gasteiger partial charge in [-0.3, -0.25) is 9.59 Å². The molecule has 0 radical (unpaired) electrons. The third-order valence-corrected chi connectivity index (χ3v) is 7.02. The normalized spacial score (nSPS) is 11.9. The lowest BCUT2D eigenvalue weighted by Crippen LogP contribution is -2.27. The number of carbonyl (C=O) groups excluding carboxylic acids is 1. The van der Waals surface area contributed by atoms with Gasteiger partial charge in [-0.15, -0.1) is 11.8 Å². The Kier molecular flexibility index (Phi) is 6.98. The molecule has 30 heavy (non-hydrogen) atoms. The van der Waals surface area contributed by atoms with Gasteiger partial charge in [-0.05, 0) is 25.0 Å². The number of aromatic nitrogens is 3. The highest BCUT2D eigenvalue weighted by Gasteiger charge is 2.22. The van der Waals surface area contributed by atoms with Crippen LogP contribution in [-0.4, -0.2) is 20.5 Å². The molecule has 0 saturated carbocycles. The quantitative estimate of drug-likeness (QED) is 0.498. The molecule has 0 unspecified atom stereocenters. The standard InChI is InChI=1S/C22H28N4O2S2/c1-6-14(7-2)19-25-26-18(27)12-15(23-21(26)30-19)13-29-17-11-9-8-10-16(17)24-20(28)22(3,4)5/h8-12,14H,6-7,13H2,1-5H3,(H,24,28). The van der Waals surface area contributed by atoms with Gasteiger partial charge in [-0.25, -0.2) is 4.98 Å². The molecule has 2 heterocycles. The fourth-order valence-electron chi connectivity index (χ4n) is 2.91. The summed E-state index contributed by atoms with van der Waals surface area (Å²) in [5.41, 5.74) is 0.853. The second kappa shape index (κ2) is 9.31. The maximum Gasteiger partial charge on any atom is 0.275 e. The molecule has 0 saturated heterocycles. The summed E-state index contributed by atoms with van der Waals surface area (Å²) in [6.07, 6.45) is 1.98. The number of para-hydroxylation sites is 1. The van der Waals surface area contributed by atoms with Crippen molar-refractivity contribution in [3.8, 4) is 0 Å². The van der Waals surface area contributed by atoms with Crippen molar-refractivity contribution in [2.75, 3.05) is 5.32 Å². The number of rotatable bonds is 7. The van der Waals surface area contributed by atoms with E-state index in [4.69, 9.17) is 0 Å². The van der Waals surface area contributed by atoms with Gasteiger partial charge in [-0.1, -0.05) is 58.1 Å². The van der Waals surface area contributed by atoms with Crippen LogP contribution in [0.5, 0.6) is 0 Å². The molecule has 0 bridgehead atoms. The van der Waals surface area contributed by atoms with Crippen molar-refractivity contribution in [2.45, 2.75) is 64.0 Å². The Hall–Kier alpha value is -2.19. The Bertz CT molecular complexity index is 1090. The van der Waals surface area contributed by atoms with Crippen LogP contribution < -0.4 is 10.9 Å². The maximum atomic E-state index is 12.5. The first kappa shape index (κ1) is 22.5. The molecular formula is C22H28N4O2S2. The lowest BCUT2D eigenvalue weighted by atomic mass is 9.95. The van der Waals surface area contributed by atoms with Crippen molar-refractivity contribution in [1.29, 1.82) is 0 Å². The Labute approximate surface area is 185 Å². The van der Waals surface area contributed by atoms with E-state index in [0.29, 0.717) is 22.3 Å². The lowest BCUT2D eigenvalue weighted by molar-refractivity contribution is -0.123. The summed E-state index contributed by atoms with van der Waals surface area (Å²) in [4.78, 5) is 31.2. The van der Waals surface area contributed by atoms with E-state index in [2.05, 4.69) is 29.2 Å². The molecule has 8 heteroatoms. The van der Waals surface area contributed by atoms with E-state index in [1.807, 2.05) is 45.0 Å². The van der Waals surface area contributed by atoms with Crippen molar-refractivity contribution in [2.24, 2.45) is 5.41 Å². The second-order valence-electron chi connectivity index (χ2n) is 8.22. The van der Waals surface area contributed by atoms with Gasteiger partial charge in [0.2, 0.25) is 10.9 Å². The van der Waals surface area contributed by atoms with E-state index in [1.165, 1.54) is 15.9 Å². The summed E-state index contributed by atoms with van der Waals surface area (Å²) in [5, 5.41) is 8.45. The van der Waals surface area contributed by atoms with Crippen molar-refractivity contribution in [3.63, 3.8) is 0 Å². The largest absolute Gasteiger partial charge is 0.325 e. The summed E-state index contributed by atoms with van der Waals surface area (Å²) in [5.74, 6) is 0.853. The van der Waals surface area contributed by atoms with Crippen LogP contribution in [0.1, 0.15) is 64.1 Å². The molecule has 1 aromatic carbocycles. The van der Waals surface area contributed by atoms with Crippen LogP contribution in [0, 0.1) is 5.41 Å². The maximum absolute atomic E-state index is 12.5. The molecule has 160 valence electrons. The van der Waals surface area contributed by atoms with E-state index in [9.17, 15) is 9.59 Å². The highest BCUT2D eigenvalue weighted by molar-refractivity contribution is 7.98. The fourth-order valence-corrected chi connectivity index (χ4v) is 5.00. The Balaban J connectivity index is 1.81. The SMILES string of the molecule is CCC(CC)c1nn2c(=O)cc(CSc3ccccc3NC(=O)C(C)(C)C)nc2s1. The van der Waals surface area contributed by atoms with Crippen LogP contribution in [0.25, 0.3) is 4.96 Å². The highest BCUT2D eigenvalue weighted by Crippen LogP contribution is 2.31. The molecule has 1 amide bonds. The van der Waals surface area contributed by atoms with Gasteiger partial charge in [0.1, 0.15) is 5.01 Å². The molecule has 2 aromatic heterocycles. The van der Waals surface area contributed by atoms with E-state index in [0.717, 1.165) is 28.4 Å². The zero-order chi connectivity index (χ0) is 21.9. The van der Waals surface area contributed by atoms with Gasteiger partial charge in [0.25, 0.3) is 5.56 Å². The number of thioether (sulfide) groups is 1. The van der Waals surface area contributed by atoms with Crippen LogP contribution in [0.15, 0.2) is 40.0 Å². The molecule has 3 aromatic rings. The third kappa shape index (κ3) is 5.10. The first-order valence-corrected chi connectivity index (χ1v) is 12.0. The average Bonchev–Trinajstić information content (AvgIpc) is 3.12. The van der Waals surface area contributed by atoms with Crippen LogP contribution in [-0.2, 0) is 10.5 Å². The summed E-state index contributed by atoms with van der Waals surface area (Å²) < 4.78 is 1.41. The summed E-state index contributed by atoms with van der Waals surface area (Å²) in [6.45, 7) is 9.92. The van der Waals surface area contributed by atoms with Gasteiger partial charge in [0.05, 0.1) is 11.4 Å². The minimum Gasteiger partial charge on any atom is -0.325 e. The van der Waals surface area contributed by atoms with Crippen molar-refractivity contribution >= 4 is 39.7 Å². The number of hydrogen-bond acceptors (Lipinski definition) is 6. The summed E-state index contributed by atoms with van der Waals surface area (Å²) >= 11 is 3.04. The molecule has 1 N–H and O–H groups in total. The lowest BCUT2D eigenvalue weighted by Gasteiger charge is -2.19. The van der Waals surface area contributed by atoms with Crippen LogP contribution >= 0.6 is 23.1 Å². The fraction of sp³-hybridized carbons (Fsp3) is 0.455. The zero-order valence-corrected chi connectivity index (χ0v) is 19.7. The number of anilines is 1. The van der Waals surface area contributed by atoms with Gasteiger partial charge in [0, 0.05) is 28.0 Å². The topological polar surface area (TPSA) is 76.4 Å². The molecule has 0 aliphatic rings. The number of amides is 1. The second-order valence-corrected chi connectivity index (χ2v) is 10.2. The average molecular weight is 445 g/mol. The van der Waals surface area contributed by atoms with Gasteiger partial charge < -0.3 is 5.32 Å². The smallest absolute Gasteiger partial charge is 0.275 e. The Morgan fingerprint density at radius 1 is 1.23 bits per heavy atom. The van der Waals surface area contributed by atoms with Gasteiger partial charge >= 0.3 is 0 Å². The number of fused-ring (bicyclic) bond motifs is 1. The molecule has 0 atom stereocenters. The third-order valence-electron chi connectivity index (χ3n) is 4.84. The number of nitrogens with one attached hydrogen (secondary N) is 1. The first-order chi connectivity index (χ1) is 14.2. The molecule has 6 nitrogen and oxygen atoms in total. The number of benzene rings is 1. The van der Waals surface area contributed by atoms with E-state index in [1.54, 1.807) is 17.8 Å². The highest BCUT2D eigenvalue weighted by atomic mass is 32.2. The molecule has 0 fully saturated rings. The van der Waals surface area contributed by atoms with Crippen molar-refractivity contribution in [1.82, 2.24) is 14.6 Å². The molecule has 0 aliphatic carbocycles. The van der Waals surface area contributed by atoms with E-state index in [-0.39, 0.29) is 11.5 Å². The zero-order valence-electron chi connectivity index (χ0n) is 18.1. The van der Waals surface area contributed by atoms with E-state index >= 15 is 0 Å². The van der Waals surface area contributed by atoms with E-state index < -0.39 is 5.41 Å². The predicted octanol–water partition coefficient (Wildman–Crippen LogP) is 5.33. The molecule has 3 rings (SSSR count). The van der Waals surface area contributed by atoms with Crippen molar-refractivity contribution < 1.29 is 4.79 Å². The monoisotopic (exact) mass is 444 g/mol. The van der Waals surface area contributed by atoms with Crippen LogP contribution in [0.2, 0.25) is 0 Å². The van der Waals surface area contributed by atoms with Gasteiger partial charge in [0.15, 0.2) is 0 Å². The first-order valence-electron chi connectivity index (χ1n) is 10.2. The summed E-state index contributed by atoms with van der Waals surface area (Å²) in [7, 11) is 0. The number of nitrogens with zero attached hydrogens (tertiary/aromatic N) is 3. The minimum absolute atomic E-state index is 0.0352. The molecular weight excluding hydrogens is 416 g/mol. The van der Waals surface area contributed by atoms with Crippen LogP contribution in [0.4, 0.5) is 5.69 Å². The van der Waals surface area contributed by atoms with Crippen LogP contribution in [0.3, 0.4) is 0 Å². The predicted molar refractivity (Wildman–Crippen MR) is 125 cm³/mol. The minimum atomic E-state index is -0.474. The summed E-state index contributed by atoms with van der Waals surface area (Å²) in [6, 6.07) is 9.24. The van der Waals surface area contributed by atoms with Crippen molar-refractivity contribution in [3.05, 3.63) is 51.4 Å². The molecule has 0 aliphatic heterocycles. The van der Waals surface area contributed by atoms with Gasteiger partial charge in [-0.2, -0.15) is 9.61 Å². The molecule has 0 spiro atoms. The number of hydrogen-bond donors (Lipinski definition) is 1. The Morgan fingerprint density at radius 3 is 2.60 bits per heavy atom. The number of carbonyl (C=O) groups is 1.